The van der Waals surface area contributed by atoms with Crippen LogP contribution >= 0.6 is 34.2 Å². The number of fused-ring (bicyclic) bond motifs is 1. The minimum absolute atomic E-state index is 0.335. The lowest BCUT2D eigenvalue weighted by atomic mass is 9.98. The fraction of sp³-hybridized carbons (Fsp3) is 0.400. The fourth-order valence-electron chi connectivity index (χ4n) is 2.01. The molecule has 2 aromatic heterocycles. The SMILES string of the molecule is FCC1(c2c[nH]c3nc(I)nc(Cl)c23)CC1. The van der Waals surface area contributed by atoms with Crippen LogP contribution in [0.4, 0.5) is 4.39 Å². The van der Waals surface area contributed by atoms with Gasteiger partial charge in [0.25, 0.3) is 0 Å². The number of rotatable bonds is 2. The Morgan fingerprint density at radius 2 is 2.25 bits per heavy atom. The van der Waals surface area contributed by atoms with Gasteiger partial charge in [0, 0.05) is 34.2 Å². The molecule has 16 heavy (non-hydrogen) atoms. The standard InChI is InChI=1S/C10H8ClFIN3/c11-7-6-5(10(4-12)1-2-10)3-14-8(6)16-9(13)15-7/h3H,1-2,4H2,(H,14,15,16). The monoisotopic (exact) mass is 351 g/mol. The highest BCUT2D eigenvalue weighted by molar-refractivity contribution is 14.1. The Bertz CT molecular complexity index is 564. The Labute approximate surface area is 110 Å². The zero-order chi connectivity index (χ0) is 11.3. The quantitative estimate of drug-likeness (QED) is 0.513. The summed E-state index contributed by atoms with van der Waals surface area (Å²) < 4.78 is 13.6. The second-order valence-electron chi connectivity index (χ2n) is 4.12. The average Bonchev–Trinajstić information content (AvgIpc) is 2.92. The predicted molar refractivity (Wildman–Crippen MR) is 68.5 cm³/mol. The molecule has 3 nitrogen and oxygen atoms in total. The van der Waals surface area contributed by atoms with Gasteiger partial charge < -0.3 is 4.98 Å². The molecule has 0 atom stereocenters. The minimum Gasteiger partial charge on any atom is -0.346 e. The molecule has 0 amide bonds. The first-order valence-electron chi connectivity index (χ1n) is 4.93. The summed E-state index contributed by atoms with van der Waals surface area (Å²) in [4.78, 5) is 11.4. The van der Waals surface area contributed by atoms with E-state index in [1.807, 2.05) is 28.8 Å². The van der Waals surface area contributed by atoms with Crippen molar-refractivity contribution in [3.63, 3.8) is 0 Å². The van der Waals surface area contributed by atoms with Gasteiger partial charge in [0.1, 0.15) is 10.8 Å². The summed E-state index contributed by atoms with van der Waals surface area (Å²) in [6, 6.07) is 0. The lowest BCUT2D eigenvalue weighted by Crippen LogP contribution is -2.08. The Hall–Kier alpha value is -0.430. The number of nitrogens with zero attached hydrogens (tertiary/aromatic N) is 2. The summed E-state index contributed by atoms with van der Waals surface area (Å²) >= 11 is 8.11. The molecule has 0 unspecified atom stereocenters. The van der Waals surface area contributed by atoms with Gasteiger partial charge in [-0.2, -0.15) is 0 Å². The highest BCUT2D eigenvalue weighted by atomic mass is 127. The molecular weight excluding hydrogens is 343 g/mol. The Morgan fingerprint density at radius 3 is 2.88 bits per heavy atom. The Balaban J connectivity index is 2.28. The molecule has 1 aliphatic carbocycles. The molecule has 0 bridgehead atoms. The van der Waals surface area contributed by atoms with Crippen molar-refractivity contribution >= 4 is 45.2 Å². The van der Waals surface area contributed by atoms with Crippen LogP contribution in [-0.4, -0.2) is 21.6 Å². The molecule has 1 aliphatic rings. The lowest BCUT2D eigenvalue weighted by molar-refractivity contribution is 0.419. The van der Waals surface area contributed by atoms with Crippen molar-refractivity contribution in [1.82, 2.24) is 15.0 Å². The third-order valence-electron chi connectivity index (χ3n) is 3.14. The first-order valence-corrected chi connectivity index (χ1v) is 6.38. The van der Waals surface area contributed by atoms with Crippen LogP contribution in [0, 0.1) is 3.83 Å². The van der Waals surface area contributed by atoms with Crippen molar-refractivity contribution < 1.29 is 4.39 Å². The number of hydrogen-bond donors (Lipinski definition) is 1. The van der Waals surface area contributed by atoms with Gasteiger partial charge in [0.05, 0.1) is 12.1 Å². The molecule has 1 fully saturated rings. The third kappa shape index (κ3) is 1.44. The van der Waals surface area contributed by atoms with Gasteiger partial charge in [-0.15, -0.1) is 0 Å². The van der Waals surface area contributed by atoms with Crippen LogP contribution in [0.2, 0.25) is 5.15 Å². The maximum absolute atomic E-state index is 13.0. The fourth-order valence-corrected chi connectivity index (χ4v) is 2.90. The van der Waals surface area contributed by atoms with Crippen molar-refractivity contribution in [3.05, 3.63) is 20.7 Å². The van der Waals surface area contributed by atoms with E-state index in [1.165, 1.54) is 0 Å². The maximum atomic E-state index is 13.0. The van der Waals surface area contributed by atoms with Gasteiger partial charge in [-0.25, -0.2) is 9.97 Å². The van der Waals surface area contributed by atoms with Crippen LogP contribution in [0.5, 0.6) is 0 Å². The molecule has 2 heterocycles. The van der Waals surface area contributed by atoms with Crippen molar-refractivity contribution in [2.24, 2.45) is 0 Å². The summed E-state index contributed by atoms with van der Waals surface area (Å²) in [5.74, 6) is 0. The molecule has 0 radical (unpaired) electrons. The van der Waals surface area contributed by atoms with Crippen molar-refractivity contribution in [1.29, 1.82) is 0 Å². The summed E-state index contributed by atoms with van der Waals surface area (Å²) in [5.41, 5.74) is 1.28. The third-order valence-corrected chi connectivity index (χ3v) is 3.90. The number of alkyl halides is 1. The molecule has 1 N–H and O–H groups in total. The molecule has 6 heteroatoms. The first kappa shape index (κ1) is 10.7. The summed E-state index contributed by atoms with van der Waals surface area (Å²) in [6.07, 6.45) is 3.56. The van der Waals surface area contributed by atoms with E-state index in [9.17, 15) is 4.39 Å². The minimum atomic E-state index is -0.345. The molecular formula is C10H8ClFIN3. The number of halogens is 3. The lowest BCUT2D eigenvalue weighted by Gasteiger charge is -2.08. The molecule has 0 aliphatic heterocycles. The highest BCUT2D eigenvalue weighted by Gasteiger charge is 2.46. The summed E-state index contributed by atoms with van der Waals surface area (Å²) in [6.45, 7) is -0.345. The normalized spacial score (nSPS) is 17.9. The molecule has 84 valence electrons. The average molecular weight is 352 g/mol. The van der Waals surface area contributed by atoms with E-state index in [-0.39, 0.29) is 12.1 Å². The van der Waals surface area contributed by atoms with E-state index in [0.717, 1.165) is 23.8 Å². The molecule has 3 rings (SSSR count). The molecule has 0 saturated heterocycles. The number of aromatic amines is 1. The zero-order valence-electron chi connectivity index (χ0n) is 8.23. The van der Waals surface area contributed by atoms with E-state index in [0.29, 0.717) is 14.6 Å². The van der Waals surface area contributed by atoms with Crippen molar-refractivity contribution in [2.45, 2.75) is 18.3 Å². The predicted octanol–water partition coefficient (Wildman–Crippen LogP) is 3.22. The zero-order valence-corrected chi connectivity index (χ0v) is 11.1. The topological polar surface area (TPSA) is 41.6 Å². The van der Waals surface area contributed by atoms with Crippen LogP contribution in [-0.2, 0) is 5.41 Å². The van der Waals surface area contributed by atoms with Gasteiger partial charge in [-0.05, 0) is 18.4 Å². The molecule has 1 saturated carbocycles. The Kier molecular flexibility index (Phi) is 2.36. The largest absolute Gasteiger partial charge is 0.346 e. The van der Waals surface area contributed by atoms with Gasteiger partial charge in [-0.3, -0.25) is 4.39 Å². The van der Waals surface area contributed by atoms with Gasteiger partial charge in [0.15, 0.2) is 3.83 Å². The first-order chi connectivity index (χ1) is 7.66. The number of hydrogen-bond acceptors (Lipinski definition) is 2. The highest BCUT2D eigenvalue weighted by Crippen LogP contribution is 2.51. The van der Waals surface area contributed by atoms with Crippen LogP contribution in [0.25, 0.3) is 11.0 Å². The van der Waals surface area contributed by atoms with E-state index in [1.54, 1.807) is 0 Å². The molecule has 0 aromatic carbocycles. The van der Waals surface area contributed by atoms with Gasteiger partial charge in [-0.1, -0.05) is 11.6 Å². The number of H-pyrrole nitrogens is 1. The van der Waals surface area contributed by atoms with Crippen molar-refractivity contribution in [2.75, 3.05) is 6.67 Å². The van der Waals surface area contributed by atoms with Gasteiger partial charge >= 0.3 is 0 Å². The summed E-state index contributed by atoms with van der Waals surface area (Å²) in [7, 11) is 0. The number of aromatic nitrogens is 3. The van der Waals surface area contributed by atoms with Crippen LogP contribution in [0.3, 0.4) is 0 Å². The number of nitrogens with one attached hydrogen (secondary N) is 1. The summed E-state index contributed by atoms with van der Waals surface area (Å²) in [5, 5.41) is 1.18. The second-order valence-corrected chi connectivity index (χ2v) is 5.45. The second kappa shape index (κ2) is 3.53. The van der Waals surface area contributed by atoms with Crippen LogP contribution in [0.15, 0.2) is 6.20 Å². The van der Waals surface area contributed by atoms with Gasteiger partial charge in [0.2, 0.25) is 0 Å². The maximum Gasteiger partial charge on any atom is 0.194 e. The van der Waals surface area contributed by atoms with E-state index >= 15 is 0 Å². The molecule has 0 spiro atoms. The molecule has 2 aromatic rings. The van der Waals surface area contributed by atoms with Crippen LogP contribution < -0.4 is 0 Å². The van der Waals surface area contributed by atoms with Crippen LogP contribution in [0.1, 0.15) is 18.4 Å². The smallest absolute Gasteiger partial charge is 0.194 e. The van der Waals surface area contributed by atoms with E-state index in [2.05, 4.69) is 15.0 Å². The van der Waals surface area contributed by atoms with E-state index < -0.39 is 0 Å². The Morgan fingerprint density at radius 1 is 1.50 bits per heavy atom. The van der Waals surface area contributed by atoms with E-state index in [4.69, 9.17) is 11.6 Å². The van der Waals surface area contributed by atoms with Crippen molar-refractivity contribution in [3.8, 4) is 0 Å².